The molecule has 0 amide bonds. The maximum absolute atomic E-state index is 13.4. The standard InChI is InChI=1S/C18H14FN5S/c1-2-18(25)23-24-10-12-7-15-16(8-14(12)22-24)21-17(9-20-15)11-4-3-5-13(19)6-11/h3-10H,2H2,1H3,(H,23,25). The van der Waals surface area contributed by atoms with Crippen molar-refractivity contribution < 1.29 is 4.39 Å². The summed E-state index contributed by atoms with van der Waals surface area (Å²) >= 11 is 5.18. The number of benzene rings is 2. The molecule has 0 aliphatic carbocycles. The van der Waals surface area contributed by atoms with Crippen LogP contribution < -0.4 is 5.43 Å². The Morgan fingerprint density at radius 1 is 1.20 bits per heavy atom. The zero-order valence-electron chi connectivity index (χ0n) is 13.4. The number of thiocarbonyl (C=S) groups is 1. The number of rotatable bonds is 3. The topological polar surface area (TPSA) is 55.6 Å². The molecule has 0 aliphatic rings. The highest BCUT2D eigenvalue weighted by Crippen LogP contribution is 2.23. The van der Waals surface area contributed by atoms with Gasteiger partial charge in [0.15, 0.2) is 0 Å². The summed E-state index contributed by atoms with van der Waals surface area (Å²) in [5.41, 5.74) is 6.59. The maximum atomic E-state index is 13.4. The summed E-state index contributed by atoms with van der Waals surface area (Å²) in [5.74, 6) is -0.299. The number of hydrogen-bond acceptors (Lipinski definition) is 4. The molecule has 4 rings (SSSR count). The zero-order valence-corrected chi connectivity index (χ0v) is 14.2. The molecule has 1 N–H and O–H groups in total. The van der Waals surface area contributed by atoms with Crippen LogP contribution in [-0.2, 0) is 0 Å². The molecule has 0 fully saturated rings. The van der Waals surface area contributed by atoms with E-state index in [1.807, 2.05) is 31.3 Å². The average Bonchev–Trinajstić information content (AvgIpc) is 2.99. The third-order valence-corrected chi connectivity index (χ3v) is 4.23. The fraction of sp³-hybridized carbons (Fsp3) is 0.111. The van der Waals surface area contributed by atoms with E-state index >= 15 is 0 Å². The summed E-state index contributed by atoms with van der Waals surface area (Å²) in [5, 5.41) is 5.39. The predicted molar refractivity (Wildman–Crippen MR) is 100 cm³/mol. The molecular weight excluding hydrogens is 337 g/mol. The third kappa shape index (κ3) is 3.06. The normalized spacial score (nSPS) is 11.1. The quantitative estimate of drug-likeness (QED) is 0.564. The van der Waals surface area contributed by atoms with Gasteiger partial charge in [0.1, 0.15) is 5.82 Å². The van der Waals surface area contributed by atoms with Crippen LogP contribution in [0.5, 0.6) is 0 Å². The summed E-state index contributed by atoms with van der Waals surface area (Å²) < 4.78 is 13.4. The molecule has 0 saturated heterocycles. The summed E-state index contributed by atoms with van der Waals surface area (Å²) in [6, 6.07) is 10.1. The van der Waals surface area contributed by atoms with Gasteiger partial charge in [0.2, 0.25) is 0 Å². The van der Waals surface area contributed by atoms with Crippen LogP contribution >= 0.6 is 12.2 Å². The highest BCUT2D eigenvalue weighted by atomic mass is 32.1. The van der Waals surface area contributed by atoms with Crippen LogP contribution in [0.4, 0.5) is 4.39 Å². The smallest absolute Gasteiger partial charge is 0.123 e. The van der Waals surface area contributed by atoms with Crippen molar-refractivity contribution >= 4 is 39.1 Å². The second-order valence-electron chi connectivity index (χ2n) is 5.63. The monoisotopic (exact) mass is 351 g/mol. The lowest BCUT2D eigenvalue weighted by molar-refractivity contribution is 0.628. The second kappa shape index (κ2) is 6.18. The van der Waals surface area contributed by atoms with Gasteiger partial charge in [-0.3, -0.25) is 10.4 Å². The molecule has 0 bridgehead atoms. The molecule has 2 aromatic carbocycles. The van der Waals surface area contributed by atoms with E-state index in [-0.39, 0.29) is 5.82 Å². The minimum atomic E-state index is -0.299. The lowest BCUT2D eigenvalue weighted by Crippen LogP contribution is -2.20. The zero-order chi connectivity index (χ0) is 17.4. The number of fused-ring (bicyclic) bond motifs is 2. The van der Waals surface area contributed by atoms with Gasteiger partial charge >= 0.3 is 0 Å². The van der Waals surface area contributed by atoms with Crippen molar-refractivity contribution in [3.63, 3.8) is 0 Å². The molecule has 7 heteroatoms. The van der Waals surface area contributed by atoms with Gasteiger partial charge in [-0.2, -0.15) is 9.89 Å². The summed E-state index contributed by atoms with van der Waals surface area (Å²) in [4.78, 5) is 11.4. The molecule has 124 valence electrons. The van der Waals surface area contributed by atoms with Crippen molar-refractivity contribution in [1.82, 2.24) is 19.9 Å². The molecule has 0 atom stereocenters. The van der Waals surface area contributed by atoms with Gasteiger partial charge in [-0.15, -0.1) is 0 Å². The average molecular weight is 351 g/mol. The largest absolute Gasteiger partial charge is 0.272 e. The van der Waals surface area contributed by atoms with E-state index in [1.165, 1.54) is 12.1 Å². The van der Waals surface area contributed by atoms with Gasteiger partial charge in [0.05, 0.1) is 39.6 Å². The molecule has 0 spiro atoms. The highest BCUT2D eigenvalue weighted by molar-refractivity contribution is 7.80. The van der Waals surface area contributed by atoms with Crippen LogP contribution in [0.25, 0.3) is 33.2 Å². The van der Waals surface area contributed by atoms with E-state index in [4.69, 9.17) is 12.2 Å². The van der Waals surface area contributed by atoms with E-state index in [1.54, 1.807) is 17.1 Å². The fourth-order valence-electron chi connectivity index (χ4n) is 2.58. The van der Waals surface area contributed by atoms with Crippen molar-refractivity contribution in [2.45, 2.75) is 13.3 Å². The Labute approximate surface area is 148 Å². The van der Waals surface area contributed by atoms with Gasteiger partial charge in [0.25, 0.3) is 0 Å². The molecule has 2 heterocycles. The Hall–Kier alpha value is -2.93. The number of aromatic nitrogens is 4. The summed E-state index contributed by atoms with van der Waals surface area (Å²) in [7, 11) is 0. The molecule has 0 unspecified atom stereocenters. The number of hydrogen-bond donors (Lipinski definition) is 1. The third-order valence-electron chi connectivity index (χ3n) is 3.85. The Morgan fingerprint density at radius 3 is 2.88 bits per heavy atom. The maximum Gasteiger partial charge on any atom is 0.123 e. The van der Waals surface area contributed by atoms with Crippen LogP contribution in [0.2, 0.25) is 0 Å². The van der Waals surface area contributed by atoms with E-state index in [0.717, 1.165) is 22.8 Å². The molecule has 0 aliphatic heterocycles. The SMILES string of the molecule is CCC(=S)Nn1cc2cc3ncc(-c4cccc(F)c4)nc3cc2n1. The fourth-order valence-corrected chi connectivity index (χ4v) is 2.68. The second-order valence-corrected chi connectivity index (χ2v) is 6.12. The van der Waals surface area contributed by atoms with Gasteiger partial charge in [-0.1, -0.05) is 31.3 Å². The van der Waals surface area contributed by atoms with Crippen LogP contribution in [0.3, 0.4) is 0 Å². The van der Waals surface area contributed by atoms with Gasteiger partial charge < -0.3 is 0 Å². The van der Waals surface area contributed by atoms with Gasteiger partial charge in [-0.25, -0.2) is 9.37 Å². The summed E-state index contributed by atoms with van der Waals surface area (Å²) in [6.45, 7) is 1.98. The molecule has 25 heavy (non-hydrogen) atoms. The van der Waals surface area contributed by atoms with Crippen molar-refractivity contribution in [2.75, 3.05) is 5.43 Å². The van der Waals surface area contributed by atoms with Crippen molar-refractivity contribution in [1.29, 1.82) is 0 Å². The van der Waals surface area contributed by atoms with Crippen LogP contribution in [0, 0.1) is 5.82 Å². The van der Waals surface area contributed by atoms with Crippen LogP contribution in [0.15, 0.2) is 48.8 Å². The van der Waals surface area contributed by atoms with Crippen molar-refractivity contribution in [3.8, 4) is 11.3 Å². The molecule has 0 radical (unpaired) electrons. The molecule has 5 nitrogen and oxygen atoms in total. The van der Waals surface area contributed by atoms with E-state index in [9.17, 15) is 4.39 Å². The van der Waals surface area contributed by atoms with Crippen molar-refractivity contribution in [2.24, 2.45) is 0 Å². The first-order valence-corrected chi connectivity index (χ1v) is 8.25. The first kappa shape index (κ1) is 15.6. The lowest BCUT2D eigenvalue weighted by Gasteiger charge is -2.03. The van der Waals surface area contributed by atoms with E-state index < -0.39 is 0 Å². The minimum Gasteiger partial charge on any atom is -0.272 e. The molecular formula is C18H14FN5S. The first-order chi connectivity index (χ1) is 12.1. The van der Waals surface area contributed by atoms with E-state index in [2.05, 4.69) is 20.5 Å². The van der Waals surface area contributed by atoms with E-state index in [0.29, 0.717) is 21.8 Å². The number of halogens is 1. The Balaban J connectivity index is 1.79. The molecule has 2 aromatic heterocycles. The highest BCUT2D eigenvalue weighted by Gasteiger charge is 2.08. The Morgan fingerprint density at radius 2 is 2.08 bits per heavy atom. The molecule has 0 saturated carbocycles. The Kier molecular flexibility index (Phi) is 3.85. The lowest BCUT2D eigenvalue weighted by atomic mass is 10.1. The molecule has 4 aromatic rings. The first-order valence-electron chi connectivity index (χ1n) is 7.84. The van der Waals surface area contributed by atoms with Crippen LogP contribution in [0.1, 0.15) is 13.3 Å². The number of nitrogens with zero attached hydrogens (tertiary/aromatic N) is 4. The predicted octanol–water partition coefficient (Wildman–Crippen LogP) is 4.07. The van der Waals surface area contributed by atoms with Gasteiger partial charge in [-0.05, 0) is 30.7 Å². The Bertz CT molecular complexity index is 1110. The number of nitrogens with one attached hydrogen (secondary N) is 1. The van der Waals surface area contributed by atoms with Crippen LogP contribution in [-0.4, -0.2) is 24.8 Å². The van der Waals surface area contributed by atoms with Gasteiger partial charge in [0, 0.05) is 10.9 Å². The minimum absolute atomic E-state index is 0.299. The van der Waals surface area contributed by atoms with Crippen molar-refractivity contribution in [3.05, 3.63) is 54.6 Å². The summed E-state index contributed by atoms with van der Waals surface area (Å²) in [6.07, 6.45) is 4.25.